The Hall–Kier alpha value is -1.83. The standard InChI is InChI=1S/C17H19BO.CH4/c1-12-6-5-7-13(2)17(12)15-8-14(11-19)9-16(10-15)18(3)4;/h5-11H,1-4H3;1H4. The van der Waals surface area contributed by atoms with Crippen molar-refractivity contribution in [2.24, 2.45) is 0 Å². The highest BCUT2D eigenvalue weighted by molar-refractivity contribution is 6.70. The van der Waals surface area contributed by atoms with Crippen LogP contribution in [0.15, 0.2) is 36.4 Å². The largest absolute Gasteiger partial charge is 0.298 e. The Bertz CT molecular complexity index is 595. The molecule has 2 aromatic rings. The second-order valence-electron chi connectivity index (χ2n) is 5.43. The maximum atomic E-state index is 11.1. The molecule has 0 aliphatic rings. The summed E-state index contributed by atoms with van der Waals surface area (Å²) in [6.45, 7) is 8.95. The van der Waals surface area contributed by atoms with E-state index in [1.54, 1.807) is 0 Å². The smallest absolute Gasteiger partial charge is 0.169 e. The van der Waals surface area contributed by atoms with Gasteiger partial charge in [0.1, 0.15) is 6.29 Å². The molecule has 0 spiro atoms. The van der Waals surface area contributed by atoms with Crippen LogP contribution in [0.1, 0.15) is 28.9 Å². The third-order valence-electron chi connectivity index (χ3n) is 3.55. The summed E-state index contributed by atoms with van der Waals surface area (Å²) < 4.78 is 0. The molecule has 1 nitrogen and oxygen atoms in total. The molecular formula is C18H23BO. The van der Waals surface area contributed by atoms with Crippen molar-refractivity contribution in [1.29, 1.82) is 0 Å². The predicted molar refractivity (Wildman–Crippen MR) is 90.6 cm³/mol. The SMILES string of the molecule is C.CB(C)c1cc(C=O)cc(-c2c(C)cccc2C)c1. The van der Waals surface area contributed by atoms with Crippen LogP contribution in [0.4, 0.5) is 0 Å². The first-order chi connectivity index (χ1) is 9.02. The fourth-order valence-electron chi connectivity index (χ4n) is 2.49. The molecule has 0 amide bonds. The van der Waals surface area contributed by atoms with Crippen LogP contribution in [0.25, 0.3) is 11.1 Å². The van der Waals surface area contributed by atoms with Gasteiger partial charge in [0.05, 0.1) is 0 Å². The van der Waals surface area contributed by atoms with Gasteiger partial charge < -0.3 is 0 Å². The van der Waals surface area contributed by atoms with Crippen molar-refractivity contribution in [3.05, 3.63) is 53.1 Å². The van der Waals surface area contributed by atoms with Crippen LogP contribution in [0.5, 0.6) is 0 Å². The summed E-state index contributed by atoms with van der Waals surface area (Å²) in [5.74, 6) is 0. The van der Waals surface area contributed by atoms with E-state index >= 15 is 0 Å². The Morgan fingerprint density at radius 3 is 2.10 bits per heavy atom. The van der Waals surface area contributed by atoms with Crippen LogP contribution in [0, 0.1) is 13.8 Å². The first kappa shape index (κ1) is 16.2. The Morgan fingerprint density at radius 2 is 1.60 bits per heavy atom. The van der Waals surface area contributed by atoms with Crippen LogP contribution in [-0.2, 0) is 0 Å². The van der Waals surface area contributed by atoms with E-state index in [4.69, 9.17) is 0 Å². The lowest BCUT2D eigenvalue weighted by Crippen LogP contribution is -2.23. The van der Waals surface area contributed by atoms with Crippen molar-refractivity contribution in [2.75, 3.05) is 0 Å². The molecule has 2 heteroatoms. The van der Waals surface area contributed by atoms with E-state index < -0.39 is 0 Å². The molecule has 0 aromatic heterocycles. The van der Waals surface area contributed by atoms with E-state index in [1.165, 1.54) is 22.2 Å². The second kappa shape index (κ2) is 6.56. The summed E-state index contributed by atoms with van der Waals surface area (Å²) in [4.78, 5) is 11.1. The normalized spacial score (nSPS) is 9.80. The number of hydrogen-bond donors (Lipinski definition) is 0. The molecule has 20 heavy (non-hydrogen) atoms. The van der Waals surface area contributed by atoms with Crippen molar-refractivity contribution < 1.29 is 4.79 Å². The Kier molecular flexibility index (Phi) is 5.32. The van der Waals surface area contributed by atoms with Gasteiger partial charge in [-0.15, -0.1) is 0 Å². The van der Waals surface area contributed by atoms with E-state index in [0.29, 0.717) is 6.71 Å². The molecule has 0 saturated heterocycles. The zero-order chi connectivity index (χ0) is 14.0. The van der Waals surface area contributed by atoms with Gasteiger partial charge in [0.15, 0.2) is 6.71 Å². The first-order valence-electron chi connectivity index (χ1n) is 6.69. The molecule has 0 aliphatic carbocycles. The molecule has 0 fully saturated rings. The van der Waals surface area contributed by atoms with Crippen molar-refractivity contribution in [3.8, 4) is 11.1 Å². The number of rotatable bonds is 3. The molecule has 0 bridgehead atoms. The van der Waals surface area contributed by atoms with Crippen molar-refractivity contribution in [3.63, 3.8) is 0 Å². The summed E-state index contributed by atoms with van der Waals surface area (Å²) in [5, 5.41) is 0. The van der Waals surface area contributed by atoms with Crippen molar-refractivity contribution in [1.82, 2.24) is 0 Å². The van der Waals surface area contributed by atoms with Crippen molar-refractivity contribution in [2.45, 2.75) is 34.9 Å². The van der Waals surface area contributed by atoms with Crippen LogP contribution in [0.2, 0.25) is 13.6 Å². The molecule has 0 unspecified atom stereocenters. The van der Waals surface area contributed by atoms with Gasteiger partial charge in [0.2, 0.25) is 0 Å². The summed E-state index contributed by atoms with van der Waals surface area (Å²) in [5.41, 5.74) is 6.85. The first-order valence-corrected chi connectivity index (χ1v) is 6.69. The number of carbonyl (C=O) groups excluding carboxylic acids is 1. The molecular weight excluding hydrogens is 243 g/mol. The van der Waals surface area contributed by atoms with Crippen LogP contribution < -0.4 is 5.46 Å². The lowest BCUT2D eigenvalue weighted by Gasteiger charge is -2.13. The van der Waals surface area contributed by atoms with E-state index in [0.717, 1.165) is 17.4 Å². The minimum Gasteiger partial charge on any atom is -0.298 e. The summed E-state index contributed by atoms with van der Waals surface area (Å²) in [6, 6.07) is 12.5. The van der Waals surface area contributed by atoms with Gasteiger partial charge in [-0.3, -0.25) is 4.79 Å². The molecule has 0 aliphatic heterocycles. The zero-order valence-corrected chi connectivity index (χ0v) is 12.0. The maximum Gasteiger partial charge on any atom is 0.169 e. The molecule has 2 rings (SSSR count). The van der Waals surface area contributed by atoms with Gasteiger partial charge in [0, 0.05) is 5.56 Å². The number of carbonyl (C=O) groups is 1. The monoisotopic (exact) mass is 266 g/mol. The van der Waals surface area contributed by atoms with Crippen molar-refractivity contribution >= 4 is 18.5 Å². The highest BCUT2D eigenvalue weighted by atomic mass is 16.1. The quantitative estimate of drug-likeness (QED) is 0.595. The average molecular weight is 266 g/mol. The highest BCUT2D eigenvalue weighted by Crippen LogP contribution is 2.27. The highest BCUT2D eigenvalue weighted by Gasteiger charge is 2.10. The molecule has 0 saturated carbocycles. The van der Waals surface area contributed by atoms with E-state index in [9.17, 15) is 4.79 Å². The van der Waals surface area contributed by atoms with Gasteiger partial charge >= 0.3 is 0 Å². The Balaban J connectivity index is 0.00000200. The molecule has 0 heterocycles. The Labute approximate surface area is 123 Å². The molecule has 104 valence electrons. The fourth-order valence-corrected chi connectivity index (χ4v) is 2.49. The minimum atomic E-state index is 0. The number of benzene rings is 2. The lowest BCUT2D eigenvalue weighted by atomic mass is 9.49. The summed E-state index contributed by atoms with van der Waals surface area (Å²) in [6.07, 6.45) is 0.934. The van der Waals surface area contributed by atoms with Gasteiger partial charge in [-0.25, -0.2) is 0 Å². The number of aldehydes is 1. The molecule has 0 atom stereocenters. The zero-order valence-electron chi connectivity index (χ0n) is 12.0. The topological polar surface area (TPSA) is 17.1 Å². The second-order valence-corrected chi connectivity index (χ2v) is 5.43. The van der Waals surface area contributed by atoms with E-state index in [-0.39, 0.29) is 7.43 Å². The van der Waals surface area contributed by atoms with Gasteiger partial charge in [-0.2, -0.15) is 0 Å². The summed E-state index contributed by atoms with van der Waals surface area (Å²) >= 11 is 0. The van der Waals surface area contributed by atoms with Crippen LogP contribution in [0.3, 0.4) is 0 Å². The number of aryl methyl sites for hydroxylation is 2. The number of hydrogen-bond acceptors (Lipinski definition) is 1. The lowest BCUT2D eigenvalue weighted by molar-refractivity contribution is 0.112. The van der Waals surface area contributed by atoms with E-state index in [1.807, 2.05) is 12.1 Å². The van der Waals surface area contributed by atoms with Crippen LogP contribution >= 0.6 is 0 Å². The average Bonchev–Trinajstić information content (AvgIpc) is 2.38. The third kappa shape index (κ3) is 3.19. The molecule has 2 aromatic carbocycles. The fraction of sp³-hybridized carbons (Fsp3) is 0.278. The molecule has 0 radical (unpaired) electrons. The van der Waals surface area contributed by atoms with Crippen LogP contribution in [-0.4, -0.2) is 13.0 Å². The summed E-state index contributed by atoms with van der Waals surface area (Å²) in [7, 11) is 0. The Morgan fingerprint density at radius 1 is 1.00 bits per heavy atom. The van der Waals surface area contributed by atoms with E-state index in [2.05, 4.69) is 51.8 Å². The predicted octanol–water partition coefficient (Wildman–Crippen LogP) is 4.38. The maximum absolute atomic E-state index is 11.1. The van der Waals surface area contributed by atoms with Gasteiger partial charge in [-0.05, 0) is 42.2 Å². The third-order valence-corrected chi connectivity index (χ3v) is 3.55. The van der Waals surface area contributed by atoms with Gasteiger partial charge in [0.25, 0.3) is 0 Å². The molecule has 0 N–H and O–H groups in total. The van der Waals surface area contributed by atoms with Gasteiger partial charge in [-0.1, -0.05) is 56.9 Å². The minimum absolute atomic E-state index is 0.